The molecule has 172 valence electrons. The van der Waals surface area contributed by atoms with E-state index in [0.717, 1.165) is 29.5 Å². The van der Waals surface area contributed by atoms with E-state index in [1.54, 1.807) is 24.3 Å². The number of rotatable bonds is 5. The molecule has 0 aromatic heterocycles. The largest absolute Gasteiger partial charge is 0.396 e. The highest BCUT2D eigenvalue weighted by Crippen LogP contribution is 2.37. The van der Waals surface area contributed by atoms with Gasteiger partial charge in [0.25, 0.3) is 11.8 Å². The molecule has 1 atom stereocenters. The number of benzene rings is 2. The van der Waals surface area contributed by atoms with E-state index in [4.69, 9.17) is 0 Å². The Hall–Kier alpha value is -3.45. The van der Waals surface area contributed by atoms with Gasteiger partial charge >= 0.3 is 0 Å². The van der Waals surface area contributed by atoms with E-state index < -0.39 is 0 Å². The smallest absolute Gasteiger partial charge is 0.282 e. The summed E-state index contributed by atoms with van der Waals surface area (Å²) in [4.78, 5) is 41.9. The van der Waals surface area contributed by atoms with Crippen LogP contribution in [0.4, 0.5) is 11.4 Å². The summed E-state index contributed by atoms with van der Waals surface area (Å²) in [6.45, 7) is 6.67. The SMILES string of the molecule is CC(=O)Nc1ccc(N2C(=O)C(c3ccc(C)c(C)c3)=C(N3CCCC(CO)C3)C2=O)cc1. The van der Waals surface area contributed by atoms with Crippen LogP contribution in [0.25, 0.3) is 5.57 Å². The van der Waals surface area contributed by atoms with Gasteiger partial charge in [-0.25, -0.2) is 4.90 Å². The number of aliphatic hydroxyl groups excluding tert-OH is 1. The second-order valence-corrected chi connectivity index (χ2v) is 8.83. The third-order valence-electron chi connectivity index (χ3n) is 6.39. The summed E-state index contributed by atoms with van der Waals surface area (Å²) in [7, 11) is 0. The van der Waals surface area contributed by atoms with Crippen LogP contribution in [-0.4, -0.2) is 47.4 Å². The van der Waals surface area contributed by atoms with Crippen LogP contribution in [0.5, 0.6) is 0 Å². The van der Waals surface area contributed by atoms with E-state index in [2.05, 4.69) is 5.32 Å². The Bertz CT molecular complexity index is 1140. The molecule has 0 aliphatic carbocycles. The van der Waals surface area contributed by atoms with Crippen molar-refractivity contribution in [1.29, 1.82) is 0 Å². The normalized spacial score (nSPS) is 18.8. The van der Waals surface area contributed by atoms with Crippen molar-refractivity contribution in [2.24, 2.45) is 5.92 Å². The maximum Gasteiger partial charge on any atom is 0.282 e. The van der Waals surface area contributed by atoms with Crippen molar-refractivity contribution in [2.45, 2.75) is 33.6 Å². The monoisotopic (exact) mass is 447 g/mol. The van der Waals surface area contributed by atoms with Crippen molar-refractivity contribution < 1.29 is 19.5 Å². The second-order valence-electron chi connectivity index (χ2n) is 8.83. The first-order valence-electron chi connectivity index (χ1n) is 11.2. The predicted molar refractivity (Wildman–Crippen MR) is 127 cm³/mol. The average Bonchev–Trinajstić information content (AvgIpc) is 3.06. The van der Waals surface area contributed by atoms with Crippen molar-refractivity contribution in [3.05, 3.63) is 64.9 Å². The number of hydrogen-bond acceptors (Lipinski definition) is 5. The third kappa shape index (κ3) is 4.41. The molecular formula is C26H29N3O4. The first kappa shape index (κ1) is 22.7. The van der Waals surface area contributed by atoms with Gasteiger partial charge < -0.3 is 15.3 Å². The molecule has 2 aromatic carbocycles. The number of anilines is 2. The maximum atomic E-state index is 13.7. The van der Waals surface area contributed by atoms with Crippen molar-refractivity contribution in [3.8, 4) is 0 Å². The molecule has 0 radical (unpaired) electrons. The minimum Gasteiger partial charge on any atom is -0.396 e. The van der Waals surface area contributed by atoms with Gasteiger partial charge in [-0.15, -0.1) is 0 Å². The molecule has 0 saturated carbocycles. The van der Waals surface area contributed by atoms with Gasteiger partial charge in [0.05, 0.1) is 11.3 Å². The van der Waals surface area contributed by atoms with Crippen LogP contribution in [0.3, 0.4) is 0 Å². The molecule has 1 unspecified atom stereocenters. The summed E-state index contributed by atoms with van der Waals surface area (Å²) in [6, 6.07) is 12.5. The molecule has 33 heavy (non-hydrogen) atoms. The van der Waals surface area contributed by atoms with E-state index in [1.165, 1.54) is 11.8 Å². The third-order valence-corrected chi connectivity index (χ3v) is 6.39. The second kappa shape index (κ2) is 9.19. The molecule has 4 rings (SSSR count). The fourth-order valence-electron chi connectivity index (χ4n) is 4.52. The highest BCUT2D eigenvalue weighted by atomic mass is 16.3. The Morgan fingerprint density at radius 1 is 1.06 bits per heavy atom. The molecule has 1 saturated heterocycles. The van der Waals surface area contributed by atoms with E-state index in [1.807, 2.05) is 36.9 Å². The quantitative estimate of drug-likeness (QED) is 0.687. The van der Waals surface area contributed by atoms with Crippen LogP contribution in [0, 0.1) is 19.8 Å². The summed E-state index contributed by atoms with van der Waals surface area (Å²) in [6.07, 6.45) is 1.75. The zero-order chi connectivity index (χ0) is 23.7. The average molecular weight is 448 g/mol. The number of hydrogen-bond donors (Lipinski definition) is 2. The number of carbonyl (C=O) groups excluding carboxylic acids is 3. The van der Waals surface area contributed by atoms with Gasteiger partial charge in [0.15, 0.2) is 0 Å². The summed E-state index contributed by atoms with van der Waals surface area (Å²) >= 11 is 0. The molecule has 2 aliphatic rings. The van der Waals surface area contributed by atoms with Crippen molar-refractivity contribution in [1.82, 2.24) is 4.90 Å². The van der Waals surface area contributed by atoms with Gasteiger partial charge in [0.2, 0.25) is 5.91 Å². The minimum atomic E-state index is -0.364. The molecule has 3 amide bonds. The lowest BCUT2D eigenvalue weighted by Gasteiger charge is -2.34. The molecule has 0 bridgehead atoms. The van der Waals surface area contributed by atoms with E-state index in [0.29, 0.717) is 35.7 Å². The van der Waals surface area contributed by atoms with Crippen molar-refractivity contribution in [3.63, 3.8) is 0 Å². The maximum absolute atomic E-state index is 13.7. The highest BCUT2D eigenvalue weighted by molar-refractivity contribution is 6.45. The first-order valence-corrected chi connectivity index (χ1v) is 11.2. The number of carbonyl (C=O) groups is 3. The highest BCUT2D eigenvalue weighted by Gasteiger charge is 2.43. The summed E-state index contributed by atoms with van der Waals surface area (Å²) < 4.78 is 0. The first-order chi connectivity index (χ1) is 15.8. The van der Waals surface area contributed by atoms with Gasteiger partial charge in [0, 0.05) is 32.3 Å². The standard InChI is InChI=1S/C26H29N3O4/c1-16-6-7-20(13-17(16)2)23-24(28-12-4-5-19(14-28)15-30)26(33)29(25(23)32)22-10-8-21(9-11-22)27-18(3)31/h6-11,13,19,30H,4-5,12,14-15H2,1-3H3,(H,27,31). The lowest BCUT2D eigenvalue weighted by Crippen LogP contribution is -2.40. The summed E-state index contributed by atoms with van der Waals surface area (Å²) in [5.74, 6) is -0.850. The number of aliphatic hydroxyl groups is 1. The number of imide groups is 1. The zero-order valence-electron chi connectivity index (χ0n) is 19.2. The zero-order valence-corrected chi connectivity index (χ0v) is 19.2. The Morgan fingerprint density at radius 2 is 1.79 bits per heavy atom. The lowest BCUT2D eigenvalue weighted by atomic mass is 9.96. The molecular weight excluding hydrogens is 418 g/mol. The topological polar surface area (TPSA) is 90.0 Å². The number of nitrogens with one attached hydrogen (secondary N) is 1. The Balaban J connectivity index is 1.77. The van der Waals surface area contributed by atoms with Crippen LogP contribution < -0.4 is 10.2 Å². The molecule has 2 aromatic rings. The van der Waals surface area contributed by atoms with Crippen LogP contribution in [-0.2, 0) is 14.4 Å². The van der Waals surface area contributed by atoms with Gasteiger partial charge in [0.1, 0.15) is 5.70 Å². The van der Waals surface area contributed by atoms with E-state index in [-0.39, 0.29) is 30.2 Å². The van der Waals surface area contributed by atoms with Gasteiger partial charge in [-0.05, 0) is 73.6 Å². The van der Waals surface area contributed by atoms with Gasteiger partial charge in [-0.2, -0.15) is 0 Å². The van der Waals surface area contributed by atoms with Crippen LogP contribution in [0.15, 0.2) is 48.2 Å². The number of piperidine rings is 1. The molecule has 7 nitrogen and oxygen atoms in total. The summed E-state index contributed by atoms with van der Waals surface area (Å²) in [5, 5.41) is 12.4. The predicted octanol–water partition coefficient (Wildman–Crippen LogP) is 3.25. The minimum absolute atomic E-state index is 0.0548. The molecule has 0 spiro atoms. The number of nitrogens with zero attached hydrogens (tertiary/aromatic N) is 2. The van der Waals surface area contributed by atoms with Crippen LogP contribution in [0.1, 0.15) is 36.5 Å². The number of aryl methyl sites for hydroxylation is 2. The van der Waals surface area contributed by atoms with Crippen LogP contribution in [0.2, 0.25) is 0 Å². The number of amides is 3. The fraction of sp³-hybridized carbons (Fsp3) is 0.346. The van der Waals surface area contributed by atoms with E-state index in [9.17, 15) is 19.5 Å². The fourth-order valence-corrected chi connectivity index (χ4v) is 4.52. The molecule has 7 heteroatoms. The van der Waals surface area contributed by atoms with Crippen molar-refractivity contribution >= 4 is 34.7 Å². The Kier molecular flexibility index (Phi) is 6.33. The van der Waals surface area contributed by atoms with Crippen molar-refractivity contribution in [2.75, 3.05) is 29.9 Å². The van der Waals surface area contributed by atoms with E-state index >= 15 is 0 Å². The van der Waals surface area contributed by atoms with Crippen LogP contribution >= 0.6 is 0 Å². The van der Waals surface area contributed by atoms with Gasteiger partial charge in [-0.1, -0.05) is 18.2 Å². The summed E-state index contributed by atoms with van der Waals surface area (Å²) in [5.41, 5.74) is 4.71. The molecule has 2 N–H and O–H groups in total. The Labute approximate surface area is 193 Å². The van der Waals surface area contributed by atoms with Gasteiger partial charge in [-0.3, -0.25) is 14.4 Å². The molecule has 2 aliphatic heterocycles. The Morgan fingerprint density at radius 3 is 2.42 bits per heavy atom. The molecule has 1 fully saturated rings. The lowest BCUT2D eigenvalue weighted by molar-refractivity contribution is -0.121. The molecule has 2 heterocycles. The number of likely N-dealkylation sites (tertiary alicyclic amines) is 1.